The van der Waals surface area contributed by atoms with E-state index >= 15 is 0 Å². The molecular weight excluding hydrogens is 404 g/mol. The molecule has 2 unspecified atom stereocenters. The van der Waals surface area contributed by atoms with Crippen LogP contribution in [0.4, 0.5) is 0 Å². The zero-order chi connectivity index (χ0) is 21.3. The Hall–Kier alpha value is -2.48. The standard InChI is InChI=1S/C22H28N2O5S/c1-2-28-20(26)12-7-13-23-19(25)14-29-22(27)16-9-4-3-8-15(16)21-24-17-10-5-6-11-18(17)30-21/h5-6,10-11,15-16H,2-4,7-9,12-14H2,1H3,(H,23,25). The van der Waals surface area contributed by atoms with E-state index in [1.807, 2.05) is 24.3 Å². The van der Waals surface area contributed by atoms with Crippen LogP contribution in [0.2, 0.25) is 0 Å². The molecule has 8 heteroatoms. The fraction of sp³-hybridized carbons (Fsp3) is 0.545. The van der Waals surface area contributed by atoms with E-state index in [0.29, 0.717) is 19.6 Å². The molecule has 1 heterocycles. The summed E-state index contributed by atoms with van der Waals surface area (Å²) in [6, 6.07) is 7.97. The van der Waals surface area contributed by atoms with Crippen LogP contribution in [-0.2, 0) is 23.9 Å². The van der Waals surface area contributed by atoms with Crippen molar-refractivity contribution < 1.29 is 23.9 Å². The van der Waals surface area contributed by atoms with E-state index in [2.05, 4.69) is 5.32 Å². The molecule has 1 saturated carbocycles. The zero-order valence-corrected chi connectivity index (χ0v) is 18.0. The number of amides is 1. The second kappa shape index (κ2) is 11.1. The number of nitrogens with one attached hydrogen (secondary N) is 1. The lowest BCUT2D eigenvalue weighted by molar-refractivity contribution is -0.154. The van der Waals surface area contributed by atoms with Gasteiger partial charge in [-0.2, -0.15) is 0 Å². The predicted octanol–water partition coefficient (Wildman–Crippen LogP) is 3.57. The zero-order valence-electron chi connectivity index (χ0n) is 17.2. The van der Waals surface area contributed by atoms with Crippen molar-refractivity contribution in [2.45, 2.75) is 51.4 Å². The van der Waals surface area contributed by atoms with Crippen LogP contribution in [0.1, 0.15) is 56.4 Å². The third-order valence-corrected chi connectivity index (χ3v) is 6.40. The van der Waals surface area contributed by atoms with E-state index in [4.69, 9.17) is 14.5 Å². The molecule has 1 aromatic heterocycles. The second-order valence-electron chi connectivity index (χ2n) is 7.38. The fourth-order valence-electron chi connectivity index (χ4n) is 3.75. The number of thiazole rings is 1. The van der Waals surface area contributed by atoms with Crippen molar-refractivity contribution in [3.05, 3.63) is 29.3 Å². The Morgan fingerprint density at radius 1 is 1.17 bits per heavy atom. The van der Waals surface area contributed by atoms with Crippen molar-refractivity contribution in [1.82, 2.24) is 10.3 Å². The van der Waals surface area contributed by atoms with Gasteiger partial charge in [0.15, 0.2) is 6.61 Å². The first-order valence-electron chi connectivity index (χ1n) is 10.5. The molecule has 0 saturated heterocycles. The number of carbonyl (C=O) groups is 3. The van der Waals surface area contributed by atoms with Crippen molar-refractivity contribution in [3.63, 3.8) is 0 Å². The number of esters is 2. The summed E-state index contributed by atoms with van der Waals surface area (Å²) in [5.41, 5.74) is 0.956. The van der Waals surface area contributed by atoms with Gasteiger partial charge in [-0.25, -0.2) is 4.98 Å². The lowest BCUT2D eigenvalue weighted by Gasteiger charge is -2.28. The van der Waals surface area contributed by atoms with Crippen molar-refractivity contribution in [3.8, 4) is 0 Å². The topological polar surface area (TPSA) is 94.6 Å². The van der Waals surface area contributed by atoms with Gasteiger partial charge in [0.05, 0.1) is 27.7 Å². The smallest absolute Gasteiger partial charge is 0.310 e. The number of aromatic nitrogens is 1. The molecule has 0 spiro atoms. The summed E-state index contributed by atoms with van der Waals surface area (Å²) in [5.74, 6) is -1.20. The van der Waals surface area contributed by atoms with Crippen LogP contribution in [0.15, 0.2) is 24.3 Å². The maximum Gasteiger partial charge on any atom is 0.310 e. The first kappa shape index (κ1) is 22.2. The van der Waals surface area contributed by atoms with Crippen LogP contribution < -0.4 is 5.32 Å². The molecule has 1 N–H and O–H groups in total. The Morgan fingerprint density at radius 3 is 2.77 bits per heavy atom. The van der Waals surface area contributed by atoms with Gasteiger partial charge in [0.2, 0.25) is 0 Å². The second-order valence-corrected chi connectivity index (χ2v) is 8.45. The van der Waals surface area contributed by atoms with Crippen LogP contribution in [0, 0.1) is 5.92 Å². The third-order valence-electron chi connectivity index (χ3n) is 5.23. The largest absolute Gasteiger partial charge is 0.466 e. The van der Waals surface area contributed by atoms with Gasteiger partial charge in [0.25, 0.3) is 5.91 Å². The number of hydrogen-bond acceptors (Lipinski definition) is 7. The number of nitrogens with zero attached hydrogens (tertiary/aromatic N) is 1. The van der Waals surface area contributed by atoms with Gasteiger partial charge >= 0.3 is 11.9 Å². The maximum atomic E-state index is 12.7. The highest BCUT2D eigenvalue weighted by atomic mass is 32.1. The Kier molecular flexibility index (Phi) is 8.19. The van der Waals surface area contributed by atoms with E-state index in [1.54, 1.807) is 18.3 Å². The van der Waals surface area contributed by atoms with E-state index in [0.717, 1.165) is 40.9 Å². The lowest BCUT2D eigenvalue weighted by Crippen LogP contribution is -2.33. The van der Waals surface area contributed by atoms with Crippen molar-refractivity contribution in [2.75, 3.05) is 19.8 Å². The molecule has 0 aliphatic heterocycles. The molecule has 0 bridgehead atoms. The summed E-state index contributed by atoms with van der Waals surface area (Å²) in [4.78, 5) is 40.7. The Bertz CT molecular complexity index is 848. The summed E-state index contributed by atoms with van der Waals surface area (Å²) in [7, 11) is 0. The summed E-state index contributed by atoms with van der Waals surface area (Å²) in [6.07, 6.45) is 4.42. The average Bonchev–Trinajstić information content (AvgIpc) is 3.19. The number of para-hydroxylation sites is 1. The summed E-state index contributed by atoms with van der Waals surface area (Å²) >= 11 is 1.63. The van der Waals surface area contributed by atoms with Crippen LogP contribution in [0.5, 0.6) is 0 Å². The first-order chi connectivity index (χ1) is 14.6. The monoisotopic (exact) mass is 432 g/mol. The molecule has 30 heavy (non-hydrogen) atoms. The Morgan fingerprint density at radius 2 is 1.97 bits per heavy atom. The molecule has 3 rings (SSSR count). The SMILES string of the molecule is CCOC(=O)CCCNC(=O)COC(=O)C1CCCCC1c1nc2ccccc2s1. The highest BCUT2D eigenvalue weighted by Crippen LogP contribution is 2.41. The third kappa shape index (κ3) is 6.01. The molecular formula is C22H28N2O5S. The molecule has 162 valence electrons. The molecule has 1 aliphatic rings. The van der Waals surface area contributed by atoms with Gasteiger partial charge in [0, 0.05) is 18.9 Å². The van der Waals surface area contributed by atoms with Crippen molar-refractivity contribution in [2.24, 2.45) is 5.92 Å². The van der Waals surface area contributed by atoms with Crippen molar-refractivity contribution >= 4 is 39.4 Å². The minimum absolute atomic E-state index is 0.0382. The number of carbonyl (C=O) groups excluding carboxylic acids is 3. The van der Waals surface area contributed by atoms with Gasteiger partial charge in [-0.05, 0) is 38.3 Å². The quantitative estimate of drug-likeness (QED) is 0.481. The molecule has 1 fully saturated rings. The van der Waals surface area contributed by atoms with E-state index in [9.17, 15) is 14.4 Å². The molecule has 1 aliphatic carbocycles. The van der Waals surface area contributed by atoms with Crippen molar-refractivity contribution in [1.29, 1.82) is 0 Å². The normalized spacial score (nSPS) is 18.7. The molecule has 2 aromatic rings. The summed E-state index contributed by atoms with van der Waals surface area (Å²) < 4.78 is 11.3. The van der Waals surface area contributed by atoms with E-state index < -0.39 is 0 Å². The number of rotatable bonds is 9. The highest BCUT2D eigenvalue weighted by molar-refractivity contribution is 7.18. The van der Waals surface area contributed by atoms with Crippen LogP contribution in [0.25, 0.3) is 10.2 Å². The van der Waals surface area contributed by atoms with E-state index in [-0.39, 0.29) is 42.7 Å². The van der Waals surface area contributed by atoms with Gasteiger partial charge < -0.3 is 14.8 Å². The minimum atomic E-state index is -0.362. The molecule has 1 aromatic carbocycles. The molecule has 0 radical (unpaired) electrons. The van der Waals surface area contributed by atoms with Crippen LogP contribution in [0.3, 0.4) is 0 Å². The molecule has 2 atom stereocenters. The molecule has 7 nitrogen and oxygen atoms in total. The van der Waals surface area contributed by atoms with Crippen LogP contribution >= 0.6 is 11.3 Å². The summed E-state index contributed by atoms with van der Waals surface area (Å²) in [5, 5.41) is 3.64. The average molecular weight is 433 g/mol. The minimum Gasteiger partial charge on any atom is -0.466 e. The summed E-state index contributed by atoms with van der Waals surface area (Å²) in [6.45, 7) is 2.14. The predicted molar refractivity (Wildman–Crippen MR) is 114 cm³/mol. The fourth-order valence-corrected chi connectivity index (χ4v) is 4.91. The first-order valence-corrected chi connectivity index (χ1v) is 11.3. The number of fused-ring (bicyclic) bond motifs is 1. The highest BCUT2D eigenvalue weighted by Gasteiger charge is 2.35. The van der Waals surface area contributed by atoms with Crippen LogP contribution in [-0.4, -0.2) is 42.6 Å². The van der Waals surface area contributed by atoms with Gasteiger partial charge in [-0.3, -0.25) is 14.4 Å². The Balaban J connectivity index is 1.48. The van der Waals surface area contributed by atoms with Gasteiger partial charge in [-0.1, -0.05) is 25.0 Å². The van der Waals surface area contributed by atoms with Gasteiger partial charge in [0.1, 0.15) is 0 Å². The number of benzene rings is 1. The van der Waals surface area contributed by atoms with E-state index in [1.165, 1.54) is 0 Å². The maximum absolute atomic E-state index is 12.7. The number of ether oxygens (including phenoxy) is 2. The van der Waals surface area contributed by atoms with Gasteiger partial charge in [-0.15, -0.1) is 11.3 Å². The molecule has 1 amide bonds. The lowest BCUT2D eigenvalue weighted by atomic mass is 9.79. The number of hydrogen-bond donors (Lipinski definition) is 1. The Labute approximate surface area is 180 Å².